The maximum absolute atomic E-state index is 11.0. The van der Waals surface area contributed by atoms with Crippen LogP contribution in [0.1, 0.15) is 50.5 Å². The van der Waals surface area contributed by atoms with Gasteiger partial charge in [-0.25, -0.2) is 0 Å². The van der Waals surface area contributed by atoms with E-state index < -0.39 is 35.6 Å². The van der Waals surface area contributed by atoms with E-state index in [-0.39, 0.29) is 11.3 Å². The molecule has 34 heavy (non-hydrogen) atoms. The van der Waals surface area contributed by atoms with Crippen LogP contribution in [-0.4, -0.2) is 61.0 Å². The first kappa shape index (κ1) is 21.2. The average molecular weight is 462 g/mol. The van der Waals surface area contributed by atoms with Gasteiger partial charge in [-0.2, -0.15) is 0 Å². The van der Waals surface area contributed by atoms with Gasteiger partial charge in [0.1, 0.15) is 30.0 Å². The Kier molecular flexibility index (Phi) is 4.22. The Morgan fingerprint density at radius 1 is 0.971 bits per heavy atom. The van der Waals surface area contributed by atoms with Gasteiger partial charge in [-0.15, -0.1) is 0 Å². The monoisotopic (exact) mass is 461 g/mol. The molecular formula is C28H31NO5. The van der Waals surface area contributed by atoms with Crippen molar-refractivity contribution in [3.05, 3.63) is 65.5 Å². The van der Waals surface area contributed by atoms with Crippen molar-refractivity contribution in [3.8, 4) is 0 Å². The molecule has 2 aromatic rings. The minimum atomic E-state index is -1.44. The number of rotatable bonds is 1. The van der Waals surface area contributed by atoms with Gasteiger partial charge in [0.2, 0.25) is 0 Å². The maximum atomic E-state index is 11.0. The largest absolute Gasteiger partial charge is 0.387 e. The SMILES string of the molecule is C[C@]12CC=C3C=C4C(O)C(O)[C@@H](O)C(O)[C@]45CCC3(O5)[C@@H]1CC[C@@H]2c1ccc2ccncc2c1. The van der Waals surface area contributed by atoms with Crippen LogP contribution in [0.25, 0.3) is 10.8 Å². The molecule has 9 atom stereocenters. The van der Waals surface area contributed by atoms with Crippen molar-refractivity contribution >= 4 is 10.8 Å². The molecule has 1 aromatic heterocycles. The average Bonchev–Trinajstić information content (AvgIpc) is 3.38. The first-order valence-electron chi connectivity index (χ1n) is 12.5. The molecule has 3 fully saturated rings. The van der Waals surface area contributed by atoms with Crippen LogP contribution in [0.2, 0.25) is 0 Å². The third-order valence-corrected chi connectivity index (χ3v) is 10.0. The minimum absolute atomic E-state index is 0.00732. The second-order valence-electron chi connectivity index (χ2n) is 11.4. The van der Waals surface area contributed by atoms with Crippen LogP contribution in [0.3, 0.4) is 0 Å². The van der Waals surface area contributed by atoms with E-state index in [1.54, 1.807) is 0 Å². The zero-order valence-electron chi connectivity index (χ0n) is 19.3. The number of aromatic nitrogens is 1. The van der Waals surface area contributed by atoms with Crippen molar-refractivity contribution in [1.29, 1.82) is 0 Å². The Hall–Kier alpha value is -2.09. The highest BCUT2D eigenvalue weighted by molar-refractivity contribution is 5.82. The highest BCUT2D eigenvalue weighted by atomic mass is 16.6. The topological polar surface area (TPSA) is 103 Å². The Bertz CT molecular complexity index is 1260. The highest BCUT2D eigenvalue weighted by Crippen LogP contribution is 2.69. The van der Waals surface area contributed by atoms with Gasteiger partial charge in [-0.1, -0.05) is 31.2 Å². The lowest BCUT2D eigenvalue weighted by molar-refractivity contribution is -0.227. The van der Waals surface area contributed by atoms with Crippen LogP contribution in [0.15, 0.2) is 60.0 Å². The third-order valence-electron chi connectivity index (χ3n) is 10.0. The number of aliphatic hydroxyl groups is 4. The number of ether oxygens (including phenoxy) is 1. The van der Waals surface area contributed by atoms with E-state index in [1.807, 2.05) is 24.5 Å². The van der Waals surface area contributed by atoms with Gasteiger partial charge in [0.15, 0.2) is 0 Å². The highest BCUT2D eigenvalue weighted by Gasteiger charge is 2.70. The van der Waals surface area contributed by atoms with Crippen LogP contribution in [0.4, 0.5) is 0 Å². The molecule has 2 bridgehead atoms. The first-order chi connectivity index (χ1) is 16.3. The van der Waals surface area contributed by atoms with Crippen LogP contribution < -0.4 is 0 Å². The zero-order chi connectivity index (χ0) is 23.5. The molecule has 4 N–H and O–H groups in total. The summed E-state index contributed by atoms with van der Waals surface area (Å²) >= 11 is 0. The van der Waals surface area contributed by atoms with Crippen LogP contribution in [-0.2, 0) is 4.74 Å². The molecule has 3 aliphatic carbocycles. The summed E-state index contributed by atoms with van der Waals surface area (Å²) in [6.45, 7) is 2.38. The lowest BCUT2D eigenvalue weighted by Gasteiger charge is -2.56. The summed E-state index contributed by atoms with van der Waals surface area (Å²) in [7, 11) is 0. The molecule has 2 saturated carbocycles. The number of benzene rings is 1. The molecule has 1 saturated heterocycles. The van der Waals surface area contributed by atoms with Gasteiger partial charge in [-0.3, -0.25) is 4.98 Å². The number of aliphatic hydroxyl groups excluding tert-OH is 4. The first-order valence-corrected chi connectivity index (χ1v) is 12.5. The van der Waals surface area contributed by atoms with Crippen molar-refractivity contribution in [1.82, 2.24) is 4.98 Å². The predicted molar refractivity (Wildman–Crippen MR) is 126 cm³/mol. The van der Waals surface area contributed by atoms with Crippen LogP contribution in [0, 0.1) is 11.3 Å². The lowest BCUT2D eigenvalue weighted by atomic mass is 9.58. The summed E-state index contributed by atoms with van der Waals surface area (Å²) in [6.07, 6.45) is 6.87. The van der Waals surface area contributed by atoms with Crippen LogP contribution >= 0.6 is 0 Å². The molecule has 2 spiro atoms. The van der Waals surface area contributed by atoms with E-state index in [4.69, 9.17) is 4.74 Å². The molecule has 6 heteroatoms. The fourth-order valence-corrected chi connectivity index (χ4v) is 8.33. The normalized spacial score (nSPS) is 47.0. The molecule has 0 radical (unpaired) electrons. The van der Waals surface area contributed by atoms with Crippen LogP contribution in [0.5, 0.6) is 0 Å². The van der Waals surface area contributed by atoms with Gasteiger partial charge in [-0.05, 0) is 83.6 Å². The molecule has 178 valence electrons. The second kappa shape index (κ2) is 6.77. The molecule has 0 amide bonds. The maximum Gasteiger partial charge on any atom is 0.122 e. The molecule has 6 nitrogen and oxygen atoms in total. The van der Waals surface area contributed by atoms with E-state index in [9.17, 15) is 20.4 Å². The second-order valence-corrected chi connectivity index (χ2v) is 11.4. The van der Waals surface area contributed by atoms with E-state index in [2.05, 4.69) is 36.2 Å². The quantitative estimate of drug-likeness (QED) is 0.521. The summed E-state index contributed by atoms with van der Waals surface area (Å²) in [4.78, 5) is 4.31. The van der Waals surface area contributed by atoms with Crippen molar-refractivity contribution in [2.45, 2.75) is 80.6 Å². The minimum Gasteiger partial charge on any atom is -0.387 e. The fourth-order valence-electron chi connectivity index (χ4n) is 8.33. The smallest absolute Gasteiger partial charge is 0.122 e. The number of hydrogen-bond donors (Lipinski definition) is 4. The van der Waals surface area contributed by atoms with Crippen molar-refractivity contribution in [2.24, 2.45) is 11.3 Å². The van der Waals surface area contributed by atoms with Gasteiger partial charge in [0.25, 0.3) is 0 Å². The molecule has 4 unspecified atom stereocenters. The molecule has 2 aliphatic heterocycles. The van der Waals surface area contributed by atoms with E-state index in [0.29, 0.717) is 17.9 Å². The van der Waals surface area contributed by atoms with E-state index in [1.165, 1.54) is 10.9 Å². The molecule has 7 rings (SSSR count). The predicted octanol–water partition coefficient (Wildman–Crippen LogP) is 2.75. The van der Waals surface area contributed by atoms with E-state index in [0.717, 1.165) is 36.6 Å². The standard InChI is InChI=1S/C28H31NO5/c1-26-8-6-18-13-20-22(30)23(31)24(32)25(33)28(20)10-9-27(18,34-28)21(26)5-4-19(26)16-3-2-15-7-11-29-14-17(15)12-16/h2-3,6-7,11-14,19,21-25,30-33H,4-5,8-10H2,1H3/t19-,21-,22?,23?,24-,25?,26-,27?,28+/m1/s1. The Labute approximate surface area is 198 Å². The number of allylic oxidation sites excluding steroid dienone is 1. The van der Waals surface area contributed by atoms with Gasteiger partial charge in [0.05, 0.1) is 5.60 Å². The van der Waals surface area contributed by atoms with Crippen molar-refractivity contribution in [3.63, 3.8) is 0 Å². The molecular weight excluding hydrogens is 430 g/mol. The lowest BCUT2D eigenvalue weighted by Crippen LogP contribution is -2.66. The summed E-state index contributed by atoms with van der Waals surface area (Å²) in [5.41, 5.74) is 1.23. The number of fused-ring (bicyclic) bond motifs is 2. The zero-order valence-corrected chi connectivity index (χ0v) is 19.3. The fraction of sp³-hybridized carbons (Fsp3) is 0.536. The summed E-state index contributed by atoms with van der Waals surface area (Å²) in [6, 6.07) is 8.77. The summed E-state index contributed by atoms with van der Waals surface area (Å²) in [5.74, 6) is 0.647. The molecule has 1 aromatic carbocycles. The summed E-state index contributed by atoms with van der Waals surface area (Å²) in [5, 5.41) is 45.0. The van der Waals surface area contributed by atoms with Crippen molar-refractivity contribution in [2.75, 3.05) is 0 Å². The number of hydrogen-bond acceptors (Lipinski definition) is 6. The van der Waals surface area contributed by atoms with Gasteiger partial charge in [0, 0.05) is 17.8 Å². The van der Waals surface area contributed by atoms with E-state index >= 15 is 0 Å². The Morgan fingerprint density at radius 2 is 1.79 bits per heavy atom. The third kappa shape index (κ3) is 2.41. The van der Waals surface area contributed by atoms with Gasteiger partial charge < -0.3 is 25.2 Å². The number of nitrogens with zero attached hydrogens (tertiary/aromatic N) is 1. The Morgan fingerprint density at radius 3 is 2.65 bits per heavy atom. The summed E-state index contributed by atoms with van der Waals surface area (Å²) < 4.78 is 6.89. The number of pyridine rings is 1. The Balaban J connectivity index is 1.32. The van der Waals surface area contributed by atoms with Gasteiger partial charge >= 0.3 is 0 Å². The van der Waals surface area contributed by atoms with Crippen molar-refractivity contribution < 1.29 is 25.2 Å². The molecule has 5 aliphatic rings. The molecule has 3 heterocycles.